The molecule has 3 rings (SSSR count). The van der Waals surface area contributed by atoms with Gasteiger partial charge in [-0.1, -0.05) is 42.5 Å². The van der Waals surface area contributed by atoms with Crippen LogP contribution in [0, 0.1) is 0 Å². The van der Waals surface area contributed by atoms with Crippen LogP contribution in [0.3, 0.4) is 0 Å². The van der Waals surface area contributed by atoms with Crippen molar-refractivity contribution in [2.24, 2.45) is 0 Å². The van der Waals surface area contributed by atoms with E-state index in [2.05, 4.69) is 10.6 Å². The highest BCUT2D eigenvalue weighted by Gasteiger charge is 2.45. The molecule has 0 bridgehead atoms. The fourth-order valence-electron chi connectivity index (χ4n) is 3.09. The molecule has 3 N–H and O–H groups in total. The summed E-state index contributed by atoms with van der Waals surface area (Å²) in [6.07, 6.45) is 1.80. The van der Waals surface area contributed by atoms with Crippen molar-refractivity contribution < 1.29 is 19.5 Å². The van der Waals surface area contributed by atoms with Gasteiger partial charge in [-0.3, -0.25) is 9.59 Å². The zero-order chi connectivity index (χ0) is 17.9. The monoisotopic (exact) mass is 340 g/mol. The summed E-state index contributed by atoms with van der Waals surface area (Å²) in [7, 11) is 0. The Balaban J connectivity index is 1.56. The number of hydrogen-bond acceptors (Lipinski definition) is 3. The van der Waals surface area contributed by atoms with Crippen LogP contribution in [0.25, 0.3) is 10.8 Å². The molecule has 6 heteroatoms. The number of hydrogen-bond donors (Lipinski definition) is 3. The molecule has 0 spiro atoms. The summed E-state index contributed by atoms with van der Waals surface area (Å²) in [6.45, 7) is -0.224. The lowest BCUT2D eigenvalue weighted by molar-refractivity contribution is -0.151. The smallest absolute Gasteiger partial charge is 0.329 e. The molecule has 0 aromatic heterocycles. The quantitative estimate of drug-likeness (QED) is 0.745. The standard InChI is InChI=1S/C19H20N2O4/c22-16(11-14-7-3-6-13-5-1-2-8-15(13)14)20-12-17(23)21-19(18(24)25)9-4-10-19/h1-3,5-8H,4,9-12H2,(H,20,22)(H,21,23)(H,24,25). The second kappa shape index (κ2) is 6.93. The maximum atomic E-state index is 12.1. The highest BCUT2D eigenvalue weighted by atomic mass is 16.4. The van der Waals surface area contributed by atoms with E-state index in [1.54, 1.807) is 0 Å². The number of carbonyl (C=O) groups excluding carboxylic acids is 2. The van der Waals surface area contributed by atoms with Crippen LogP contribution in [0.5, 0.6) is 0 Å². The van der Waals surface area contributed by atoms with Crippen LogP contribution in [-0.2, 0) is 20.8 Å². The normalized spacial score (nSPS) is 15.2. The predicted molar refractivity (Wildman–Crippen MR) is 93.0 cm³/mol. The number of aliphatic carboxylic acids is 1. The molecule has 130 valence electrons. The van der Waals surface area contributed by atoms with Crippen molar-refractivity contribution in [1.82, 2.24) is 10.6 Å². The molecule has 2 aromatic carbocycles. The number of carboxylic acids is 1. The Hall–Kier alpha value is -2.89. The van der Waals surface area contributed by atoms with Crippen molar-refractivity contribution in [2.75, 3.05) is 6.54 Å². The maximum absolute atomic E-state index is 12.1. The fourth-order valence-corrected chi connectivity index (χ4v) is 3.09. The Labute approximate surface area is 145 Å². The van der Waals surface area contributed by atoms with Gasteiger partial charge in [0.05, 0.1) is 13.0 Å². The zero-order valence-corrected chi connectivity index (χ0v) is 13.7. The molecule has 2 amide bonds. The highest BCUT2D eigenvalue weighted by molar-refractivity contribution is 5.93. The van der Waals surface area contributed by atoms with Crippen LogP contribution in [0.15, 0.2) is 42.5 Å². The molecule has 1 fully saturated rings. The first kappa shape index (κ1) is 17.0. The van der Waals surface area contributed by atoms with E-state index in [-0.39, 0.29) is 18.9 Å². The topological polar surface area (TPSA) is 95.5 Å². The minimum atomic E-state index is -1.16. The van der Waals surface area contributed by atoms with Crippen molar-refractivity contribution in [2.45, 2.75) is 31.2 Å². The van der Waals surface area contributed by atoms with Gasteiger partial charge in [-0.15, -0.1) is 0 Å². The van der Waals surface area contributed by atoms with Crippen LogP contribution >= 0.6 is 0 Å². The lowest BCUT2D eigenvalue weighted by atomic mass is 9.77. The van der Waals surface area contributed by atoms with E-state index in [9.17, 15) is 19.5 Å². The third-order valence-corrected chi connectivity index (χ3v) is 4.67. The summed E-state index contributed by atoms with van der Waals surface area (Å²) < 4.78 is 0. The van der Waals surface area contributed by atoms with E-state index in [1.807, 2.05) is 42.5 Å². The van der Waals surface area contributed by atoms with Gasteiger partial charge in [-0.2, -0.15) is 0 Å². The van der Waals surface area contributed by atoms with Gasteiger partial charge in [0.1, 0.15) is 5.54 Å². The van der Waals surface area contributed by atoms with E-state index in [4.69, 9.17) is 0 Å². The first-order chi connectivity index (χ1) is 12.0. The van der Waals surface area contributed by atoms with Gasteiger partial charge in [0, 0.05) is 0 Å². The second-order valence-corrected chi connectivity index (χ2v) is 6.38. The molecular formula is C19H20N2O4. The van der Waals surface area contributed by atoms with E-state index in [0.29, 0.717) is 12.8 Å². The Bertz CT molecular complexity index is 822. The number of rotatable bonds is 6. The summed E-state index contributed by atoms with van der Waals surface area (Å²) in [5.41, 5.74) is -0.269. The summed E-state index contributed by atoms with van der Waals surface area (Å²) in [6, 6.07) is 13.6. The first-order valence-corrected chi connectivity index (χ1v) is 8.28. The average molecular weight is 340 g/mol. The SMILES string of the molecule is O=C(Cc1cccc2ccccc12)NCC(=O)NC1(C(=O)O)CCC1. The Kier molecular flexibility index (Phi) is 4.70. The molecule has 0 radical (unpaired) electrons. The fraction of sp³-hybridized carbons (Fsp3) is 0.316. The molecule has 0 atom stereocenters. The number of nitrogens with one attached hydrogen (secondary N) is 2. The predicted octanol–water partition coefficient (Wildman–Crippen LogP) is 1.62. The van der Waals surface area contributed by atoms with Gasteiger partial charge in [-0.05, 0) is 35.6 Å². The first-order valence-electron chi connectivity index (χ1n) is 8.28. The van der Waals surface area contributed by atoms with E-state index in [1.165, 1.54) is 0 Å². The molecule has 1 aliphatic rings. The van der Waals surface area contributed by atoms with Gasteiger partial charge in [0.25, 0.3) is 0 Å². The molecular weight excluding hydrogens is 320 g/mol. The van der Waals surface area contributed by atoms with Gasteiger partial charge in [-0.25, -0.2) is 4.79 Å². The zero-order valence-electron chi connectivity index (χ0n) is 13.7. The van der Waals surface area contributed by atoms with Crippen LogP contribution < -0.4 is 10.6 Å². The molecule has 0 unspecified atom stereocenters. The average Bonchev–Trinajstić information content (AvgIpc) is 2.56. The number of carboxylic acid groups (broad SMARTS) is 1. The lowest BCUT2D eigenvalue weighted by Crippen LogP contribution is -2.60. The molecule has 1 aliphatic carbocycles. The van der Waals surface area contributed by atoms with Crippen LogP contribution in [0.2, 0.25) is 0 Å². The third kappa shape index (κ3) is 3.63. The van der Waals surface area contributed by atoms with Crippen LogP contribution in [0.4, 0.5) is 0 Å². The summed E-state index contributed by atoms with van der Waals surface area (Å²) in [5.74, 6) is -1.77. The summed E-state index contributed by atoms with van der Waals surface area (Å²) in [4.78, 5) is 35.3. The second-order valence-electron chi connectivity index (χ2n) is 6.38. The van der Waals surface area contributed by atoms with Crippen LogP contribution in [-0.4, -0.2) is 35.0 Å². The molecule has 0 aliphatic heterocycles. The minimum absolute atomic E-state index is 0.165. The van der Waals surface area contributed by atoms with E-state index < -0.39 is 17.4 Å². The lowest BCUT2D eigenvalue weighted by Gasteiger charge is -2.38. The highest BCUT2D eigenvalue weighted by Crippen LogP contribution is 2.31. The molecule has 0 saturated heterocycles. The summed E-state index contributed by atoms with van der Waals surface area (Å²) in [5, 5.41) is 16.3. The Morgan fingerprint density at radius 3 is 2.40 bits per heavy atom. The molecule has 0 heterocycles. The molecule has 2 aromatic rings. The third-order valence-electron chi connectivity index (χ3n) is 4.67. The van der Waals surface area contributed by atoms with Crippen LogP contribution in [0.1, 0.15) is 24.8 Å². The van der Waals surface area contributed by atoms with E-state index >= 15 is 0 Å². The number of carbonyl (C=O) groups is 3. The molecule has 25 heavy (non-hydrogen) atoms. The maximum Gasteiger partial charge on any atom is 0.329 e. The van der Waals surface area contributed by atoms with Crippen molar-refractivity contribution in [3.63, 3.8) is 0 Å². The summed E-state index contributed by atoms with van der Waals surface area (Å²) >= 11 is 0. The number of fused-ring (bicyclic) bond motifs is 1. The van der Waals surface area contributed by atoms with Gasteiger partial charge >= 0.3 is 5.97 Å². The molecule has 6 nitrogen and oxygen atoms in total. The van der Waals surface area contributed by atoms with Gasteiger partial charge in [0.2, 0.25) is 11.8 Å². The number of amides is 2. The Morgan fingerprint density at radius 2 is 1.72 bits per heavy atom. The van der Waals surface area contributed by atoms with Crippen molar-refractivity contribution in [1.29, 1.82) is 0 Å². The number of benzene rings is 2. The minimum Gasteiger partial charge on any atom is -0.480 e. The van der Waals surface area contributed by atoms with Crippen molar-refractivity contribution >= 4 is 28.6 Å². The van der Waals surface area contributed by atoms with Crippen molar-refractivity contribution in [3.8, 4) is 0 Å². The largest absolute Gasteiger partial charge is 0.480 e. The Morgan fingerprint density at radius 1 is 1.00 bits per heavy atom. The van der Waals surface area contributed by atoms with Gasteiger partial charge in [0.15, 0.2) is 0 Å². The molecule has 1 saturated carbocycles. The van der Waals surface area contributed by atoms with E-state index in [0.717, 1.165) is 22.8 Å². The van der Waals surface area contributed by atoms with Crippen molar-refractivity contribution in [3.05, 3.63) is 48.0 Å². The van der Waals surface area contributed by atoms with Gasteiger partial charge < -0.3 is 15.7 Å².